The van der Waals surface area contributed by atoms with Gasteiger partial charge in [0.25, 0.3) is 0 Å². The molecule has 0 unspecified atom stereocenters. The Kier molecular flexibility index (Phi) is 7.42. The molecule has 1 aromatic heterocycles. The van der Waals surface area contributed by atoms with Gasteiger partial charge in [0.15, 0.2) is 5.82 Å². The Morgan fingerprint density at radius 1 is 1.09 bits per heavy atom. The van der Waals surface area contributed by atoms with Crippen LogP contribution < -0.4 is 14.4 Å². The van der Waals surface area contributed by atoms with Gasteiger partial charge in [-0.15, -0.1) is 5.10 Å². The van der Waals surface area contributed by atoms with Crippen LogP contribution in [0.2, 0.25) is 5.02 Å². The number of nitrogens with zero attached hydrogens (tertiary/aromatic N) is 5. The predicted molar refractivity (Wildman–Crippen MR) is 132 cm³/mol. The van der Waals surface area contributed by atoms with Crippen molar-refractivity contribution < 1.29 is 13.2 Å². The summed E-state index contributed by atoms with van der Waals surface area (Å²) in [4.78, 5) is 4.65. The van der Waals surface area contributed by atoms with Gasteiger partial charge >= 0.3 is 6.01 Å². The van der Waals surface area contributed by atoms with Crippen LogP contribution in [-0.2, 0) is 16.6 Å². The molecule has 0 saturated carbocycles. The number of anilines is 1. The van der Waals surface area contributed by atoms with Crippen LogP contribution in [0, 0.1) is 0 Å². The minimum absolute atomic E-state index is 0.0169. The monoisotopic (exact) mass is 504 g/mol. The van der Waals surface area contributed by atoms with Crippen LogP contribution in [0.5, 0.6) is 11.8 Å². The number of likely N-dealkylation sites (N-methyl/N-ethyl adjacent to an activating group) is 1. The second kappa shape index (κ2) is 10.3. The van der Waals surface area contributed by atoms with Crippen molar-refractivity contribution in [3.8, 4) is 11.8 Å². The third kappa shape index (κ3) is 5.35. The summed E-state index contributed by atoms with van der Waals surface area (Å²) in [7, 11) is -1.72. The van der Waals surface area contributed by atoms with E-state index in [0.29, 0.717) is 24.1 Å². The fraction of sp³-hybridized carbons (Fsp3) is 0.391. The van der Waals surface area contributed by atoms with E-state index in [-0.39, 0.29) is 9.92 Å². The van der Waals surface area contributed by atoms with Gasteiger partial charge in [-0.05, 0) is 45.2 Å². The highest BCUT2D eigenvalue weighted by Crippen LogP contribution is 2.28. The summed E-state index contributed by atoms with van der Waals surface area (Å²) >= 11 is 6.09. The quantitative estimate of drug-likeness (QED) is 0.501. The number of aromatic nitrogens is 3. The van der Waals surface area contributed by atoms with E-state index in [2.05, 4.69) is 37.8 Å². The SMILES string of the molecule is CCn1c(Oc2cccc(N3CCN(C)CC3)c2)nnc1[C@@H](C)NS(=O)(=O)c1ccccc1Cl. The Labute approximate surface area is 205 Å². The van der Waals surface area contributed by atoms with Gasteiger partial charge in [-0.2, -0.15) is 0 Å². The first-order chi connectivity index (χ1) is 16.3. The number of nitrogens with one attached hydrogen (secondary N) is 1. The standard InChI is InChI=1S/C23H29ClN6O3S/c1-4-30-22(17(2)27-34(31,32)21-11-6-5-10-20(21)24)25-26-23(30)33-19-9-7-8-18(16-19)29-14-12-28(3)13-15-29/h5-11,16-17,27H,4,12-15H2,1-3H3/t17-/m1/s1. The summed E-state index contributed by atoms with van der Waals surface area (Å²) in [5.74, 6) is 1.10. The fourth-order valence-corrected chi connectivity index (χ4v) is 5.64. The molecule has 0 spiro atoms. The molecule has 0 radical (unpaired) electrons. The topological polar surface area (TPSA) is 92.6 Å². The maximum absolute atomic E-state index is 12.9. The maximum Gasteiger partial charge on any atom is 0.322 e. The Morgan fingerprint density at radius 2 is 1.82 bits per heavy atom. The van der Waals surface area contributed by atoms with Crippen molar-refractivity contribution in [2.75, 3.05) is 38.1 Å². The van der Waals surface area contributed by atoms with E-state index in [0.717, 1.165) is 31.9 Å². The molecule has 1 N–H and O–H groups in total. The van der Waals surface area contributed by atoms with E-state index < -0.39 is 16.1 Å². The summed E-state index contributed by atoms with van der Waals surface area (Å²) in [6.07, 6.45) is 0. The highest BCUT2D eigenvalue weighted by atomic mass is 35.5. The normalized spacial score (nSPS) is 15.9. The van der Waals surface area contributed by atoms with E-state index in [9.17, 15) is 8.42 Å². The van der Waals surface area contributed by atoms with Crippen LogP contribution >= 0.6 is 11.6 Å². The molecule has 2 aromatic carbocycles. The summed E-state index contributed by atoms with van der Waals surface area (Å²) < 4.78 is 36.2. The van der Waals surface area contributed by atoms with Crippen LogP contribution in [0.15, 0.2) is 53.4 Å². The van der Waals surface area contributed by atoms with Crippen molar-refractivity contribution in [2.24, 2.45) is 0 Å². The van der Waals surface area contributed by atoms with Gasteiger partial charge in [-0.3, -0.25) is 4.57 Å². The van der Waals surface area contributed by atoms with Gasteiger partial charge in [0.05, 0.1) is 11.1 Å². The molecule has 1 saturated heterocycles. The van der Waals surface area contributed by atoms with Crippen molar-refractivity contribution in [3.63, 3.8) is 0 Å². The number of ether oxygens (including phenoxy) is 1. The predicted octanol–water partition coefficient (Wildman–Crippen LogP) is 3.54. The highest BCUT2D eigenvalue weighted by Gasteiger charge is 2.25. The van der Waals surface area contributed by atoms with Crippen LogP contribution in [-0.4, -0.2) is 61.3 Å². The highest BCUT2D eigenvalue weighted by molar-refractivity contribution is 7.89. The van der Waals surface area contributed by atoms with E-state index in [1.807, 2.05) is 25.1 Å². The first kappa shape index (κ1) is 24.5. The second-order valence-corrected chi connectivity index (χ2v) is 10.3. The lowest BCUT2D eigenvalue weighted by molar-refractivity contribution is 0.312. The van der Waals surface area contributed by atoms with Crippen LogP contribution in [0.4, 0.5) is 5.69 Å². The average molecular weight is 505 g/mol. The van der Waals surface area contributed by atoms with Gasteiger partial charge in [0, 0.05) is 44.5 Å². The summed E-state index contributed by atoms with van der Waals surface area (Å²) in [5.41, 5.74) is 1.09. The minimum atomic E-state index is -3.85. The second-order valence-electron chi connectivity index (χ2n) is 8.25. The average Bonchev–Trinajstić information content (AvgIpc) is 3.22. The van der Waals surface area contributed by atoms with Crippen molar-refractivity contribution in [1.82, 2.24) is 24.4 Å². The summed E-state index contributed by atoms with van der Waals surface area (Å²) in [5, 5.41) is 8.56. The molecule has 0 amide bonds. The Balaban J connectivity index is 1.52. The summed E-state index contributed by atoms with van der Waals surface area (Å²) in [6, 6.07) is 13.8. The molecule has 1 atom stereocenters. The van der Waals surface area contributed by atoms with Gasteiger partial charge in [0.1, 0.15) is 10.6 Å². The molecule has 0 bridgehead atoms. The third-order valence-electron chi connectivity index (χ3n) is 5.80. The Hall–Kier alpha value is -2.66. The van der Waals surface area contributed by atoms with Gasteiger partial charge in [0.2, 0.25) is 10.0 Å². The summed E-state index contributed by atoms with van der Waals surface area (Å²) in [6.45, 7) is 8.09. The lowest BCUT2D eigenvalue weighted by atomic mass is 10.2. The Bertz CT molecular complexity index is 1240. The molecule has 1 aliphatic heterocycles. The molecule has 9 nitrogen and oxygen atoms in total. The number of hydrogen-bond donors (Lipinski definition) is 1. The lowest BCUT2D eigenvalue weighted by Gasteiger charge is -2.34. The molecule has 2 heterocycles. The Morgan fingerprint density at radius 3 is 2.53 bits per heavy atom. The fourth-order valence-electron chi connectivity index (χ4n) is 3.92. The molecule has 1 fully saturated rings. The lowest BCUT2D eigenvalue weighted by Crippen LogP contribution is -2.44. The third-order valence-corrected chi connectivity index (χ3v) is 7.84. The van der Waals surface area contributed by atoms with E-state index in [1.165, 1.54) is 12.1 Å². The smallest absolute Gasteiger partial charge is 0.322 e. The first-order valence-corrected chi connectivity index (χ1v) is 13.1. The number of rotatable bonds is 8. The molecule has 11 heteroatoms. The number of hydrogen-bond acceptors (Lipinski definition) is 7. The zero-order valence-electron chi connectivity index (χ0n) is 19.5. The van der Waals surface area contributed by atoms with Crippen LogP contribution in [0.3, 0.4) is 0 Å². The molecule has 4 rings (SSSR count). The van der Waals surface area contributed by atoms with Crippen LogP contribution in [0.25, 0.3) is 0 Å². The number of halogens is 1. The van der Waals surface area contributed by atoms with Gasteiger partial charge in [-0.25, -0.2) is 13.1 Å². The number of sulfonamides is 1. The van der Waals surface area contributed by atoms with Crippen molar-refractivity contribution >= 4 is 27.3 Å². The molecular formula is C23H29ClN6O3S. The molecular weight excluding hydrogens is 476 g/mol. The molecule has 0 aliphatic carbocycles. The molecule has 34 heavy (non-hydrogen) atoms. The largest absolute Gasteiger partial charge is 0.424 e. The van der Waals surface area contributed by atoms with Crippen molar-refractivity contribution in [2.45, 2.75) is 31.3 Å². The maximum atomic E-state index is 12.9. The zero-order chi connectivity index (χ0) is 24.3. The van der Waals surface area contributed by atoms with Gasteiger partial charge in [-0.1, -0.05) is 34.9 Å². The number of benzene rings is 2. The van der Waals surface area contributed by atoms with Crippen molar-refractivity contribution in [3.05, 3.63) is 59.4 Å². The molecule has 182 valence electrons. The zero-order valence-corrected chi connectivity index (χ0v) is 21.1. The number of piperazine rings is 1. The first-order valence-electron chi connectivity index (χ1n) is 11.2. The molecule has 3 aromatic rings. The van der Waals surface area contributed by atoms with E-state index in [1.54, 1.807) is 23.6 Å². The van der Waals surface area contributed by atoms with E-state index >= 15 is 0 Å². The minimum Gasteiger partial charge on any atom is -0.424 e. The van der Waals surface area contributed by atoms with Crippen LogP contribution in [0.1, 0.15) is 25.7 Å². The molecule has 1 aliphatic rings. The van der Waals surface area contributed by atoms with Crippen molar-refractivity contribution in [1.29, 1.82) is 0 Å². The van der Waals surface area contributed by atoms with Gasteiger partial charge < -0.3 is 14.5 Å². The van der Waals surface area contributed by atoms with E-state index in [4.69, 9.17) is 16.3 Å².